The molecule has 0 saturated carbocycles. The van der Waals surface area contributed by atoms with Crippen molar-refractivity contribution in [2.45, 2.75) is 50.4 Å². The quantitative estimate of drug-likeness (QED) is 0.686. The Kier molecular flexibility index (Phi) is 5.60. The van der Waals surface area contributed by atoms with E-state index in [-0.39, 0.29) is 11.9 Å². The first-order valence-electron chi connectivity index (χ1n) is 9.78. The maximum atomic E-state index is 12.9. The van der Waals surface area contributed by atoms with E-state index in [1.54, 1.807) is 19.2 Å². The highest BCUT2D eigenvalue weighted by Crippen LogP contribution is 2.37. The van der Waals surface area contributed by atoms with Crippen LogP contribution in [0.3, 0.4) is 0 Å². The number of anilines is 1. The highest BCUT2D eigenvalue weighted by atomic mass is 79.9. The van der Waals surface area contributed by atoms with E-state index < -0.39 is 0 Å². The van der Waals surface area contributed by atoms with Gasteiger partial charge in [-0.05, 0) is 53.2 Å². The Bertz CT molecular complexity index is 844. The van der Waals surface area contributed by atoms with Gasteiger partial charge in [0.1, 0.15) is 5.75 Å². The monoisotopic (exact) mass is 443 g/mol. The summed E-state index contributed by atoms with van der Waals surface area (Å²) in [7, 11) is 1.56. The van der Waals surface area contributed by atoms with Gasteiger partial charge in [0.15, 0.2) is 0 Å². The number of rotatable bonds is 5. The first-order chi connectivity index (χ1) is 13.5. The Labute approximate surface area is 174 Å². The van der Waals surface area contributed by atoms with Gasteiger partial charge in [-0.15, -0.1) is 0 Å². The Morgan fingerprint density at radius 3 is 2.54 bits per heavy atom. The Hall–Kier alpha value is -2.05. The summed E-state index contributed by atoms with van der Waals surface area (Å²) < 4.78 is 6.06. The first-order valence-corrected chi connectivity index (χ1v) is 10.6. The molecule has 0 aliphatic carbocycles. The number of ether oxygens (including phenoxy) is 1. The maximum absolute atomic E-state index is 12.9. The van der Waals surface area contributed by atoms with Crippen LogP contribution in [-0.2, 0) is 6.54 Å². The molecule has 2 aromatic rings. The summed E-state index contributed by atoms with van der Waals surface area (Å²) >= 11 is 3.40. The minimum atomic E-state index is -0.0986. The van der Waals surface area contributed by atoms with Crippen LogP contribution in [-0.4, -0.2) is 36.0 Å². The van der Waals surface area contributed by atoms with Crippen LogP contribution < -0.4 is 15.8 Å². The van der Waals surface area contributed by atoms with Gasteiger partial charge in [-0.3, -0.25) is 9.69 Å². The zero-order chi connectivity index (χ0) is 19.7. The zero-order valence-corrected chi connectivity index (χ0v) is 17.6. The predicted octanol–water partition coefficient (Wildman–Crippen LogP) is 3.97. The summed E-state index contributed by atoms with van der Waals surface area (Å²) in [6.45, 7) is 0.996. The second-order valence-corrected chi connectivity index (χ2v) is 8.61. The number of fused-ring (bicyclic) bond motifs is 2. The predicted molar refractivity (Wildman–Crippen MR) is 114 cm³/mol. The third kappa shape index (κ3) is 3.89. The molecule has 2 heterocycles. The fourth-order valence-corrected chi connectivity index (χ4v) is 4.97. The Morgan fingerprint density at radius 2 is 1.89 bits per heavy atom. The summed E-state index contributed by atoms with van der Waals surface area (Å²) in [5.74, 6) is 0.404. The van der Waals surface area contributed by atoms with Crippen LogP contribution >= 0.6 is 15.9 Å². The number of amides is 1. The molecular weight excluding hydrogens is 418 g/mol. The maximum Gasteiger partial charge on any atom is 0.255 e. The van der Waals surface area contributed by atoms with Crippen molar-refractivity contribution in [2.75, 3.05) is 12.8 Å². The van der Waals surface area contributed by atoms with Crippen molar-refractivity contribution in [3.05, 3.63) is 58.1 Å². The van der Waals surface area contributed by atoms with Gasteiger partial charge in [0.25, 0.3) is 5.91 Å². The van der Waals surface area contributed by atoms with Crippen molar-refractivity contribution >= 4 is 27.5 Å². The lowest BCUT2D eigenvalue weighted by molar-refractivity contribution is 0.0825. The standard InChI is InChI=1S/C22H26BrN3O2/c1-28-21-12-20(24)19(23)11-18(21)22(27)25-15-9-16-7-8-17(10-15)26(16)13-14-5-3-2-4-6-14/h2-6,11-12,15-17H,7-10,13,24H2,1H3,(H,25,27). The number of carbonyl (C=O) groups is 1. The molecular formula is C22H26BrN3O2. The molecule has 148 valence electrons. The summed E-state index contributed by atoms with van der Waals surface area (Å²) in [4.78, 5) is 15.5. The van der Waals surface area contributed by atoms with E-state index in [1.165, 1.54) is 18.4 Å². The van der Waals surface area contributed by atoms with E-state index in [9.17, 15) is 4.79 Å². The van der Waals surface area contributed by atoms with Gasteiger partial charge >= 0.3 is 0 Å². The minimum absolute atomic E-state index is 0.0986. The molecule has 1 amide bonds. The van der Waals surface area contributed by atoms with E-state index in [0.717, 1.165) is 19.4 Å². The number of benzene rings is 2. The number of nitrogens with zero attached hydrogens (tertiary/aromatic N) is 1. The lowest BCUT2D eigenvalue weighted by Crippen LogP contribution is -2.50. The fourth-order valence-electron chi connectivity index (χ4n) is 4.62. The zero-order valence-electron chi connectivity index (χ0n) is 16.0. The average Bonchev–Trinajstić information content (AvgIpc) is 2.92. The smallest absolute Gasteiger partial charge is 0.255 e. The van der Waals surface area contributed by atoms with E-state index >= 15 is 0 Å². The van der Waals surface area contributed by atoms with Gasteiger partial charge in [-0.25, -0.2) is 0 Å². The molecule has 2 unspecified atom stereocenters. The first kappa shape index (κ1) is 19.3. The summed E-state index contributed by atoms with van der Waals surface area (Å²) in [5.41, 5.74) is 8.34. The van der Waals surface area contributed by atoms with Crippen molar-refractivity contribution in [1.29, 1.82) is 0 Å². The molecule has 0 aromatic heterocycles. The number of halogens is 1. The molecule has 2 bridgehead atoms. The molecule has 2 aliphatic heterocycles. The lowest BCUT2D eigenvalue weighted by atomic mass is 9.96. The molecule has 0 radical (unpaired) electrons. The second kappa shape index (κ2) is 8.13. The van der Waals surface area contributed by atoms with Crippen LogP contribution in [0.2, 0.25) is 0 Å². The Morgan fingerprint density at radius 1 is 1.21 bits per heavy atom. The largest absolute Gasteiger partial charge is 0.496 e. The highest BCUT2D eigenvalue weighted by molar-refractivity contribution is 9.10. The van der Waals surface area contributed by atoms with Crippen LogP contribution in [0.15, 0.2) is 46.9 Å². The fraction of sp³-hybridized carbons (Fsp3) is 0.409. The molecule has 4 rings (SSSR count). The molecule has 2 atom stereocenters. The number of nitrogens with one attached hydrogen (secondary N) is 1. The molecule has 2 saturated heterocycles. The third-order valence-electron chi connectivity index (χ3n) is 5.99. The molecule has 2 fully saturated rings. The van der Waals surface area contributed by atoms with E-state index in [2.05, 4.69) is 56.5 Å². The highest BCUT2D eigenvalue weighted by Gasteiger charge is 2.41. The summed E-state index contributed by atoms with van der Waals surface area (Å²) in [6, 6.07) is 15.3. The number of hydrogen-bond donors (Lipinski definition) is 2. The van der Waals surface area contributed by atoms with Gasteiger partial charge in [-0.2, -0.15) is 0 Å². The lowest BCUT2D eigenvalue weighted by Gasteiger charge is -2.39. The van der Waals surface area contributed by atoms with Crippen molar-refractivity contribution in [3.8, 4) is 5.75 Å². The number of methoxy groups -OCH3 is 1. The van der Waals surface area contributed by atoms with Crippen molar-refractivity contribution in [3.63, 3.8) is 0 Å². The Balaban J connectivity index is 1.43. The topological polar surface area (TPSA) is 67.6 Å². The van der Waals surface area contributed by atoms with Crippen LogP contribution in [0.25, 0.3) is 0 Å². The molecule has 5 nitrogen and oxygen atoms in total. The molecule has 2 aromatic carbocycles. The number of carbonyl (C=O) groups excluding carboxylic acids is 1. The molecule has 0 spiro atoms. The van der Waals surface area contributed by atoms with Gasteiger partial charge < -0.3 is 15.8 Å². The van der Waals surface area contributed by atoms with Crippen molar-refractivity contribution < 1.29 is 9.53 Å². The average molecular weight is 444 g/mol. The van der Waals surface area contributed by atoms with Crippen LogP contribution in [0, 0.1) is 0 Å². The number of nitrogens with two attached hydrogens (primary N) is 1. The van der Waals surface area contributed by atoms with Gasteiger partial charge in [0.2, 0.25) is 0 Å². The van der Waals surface area contributed by atoms with Gasteiger partial charge in [0.05, 0.1) is 12.7 Å². The summed E-state index contributed by atoms with van der Waals surface area (Å²) in [6.07, 6.45) is 4.41. The SMILES string of the molecule is COc1cc(N)c(Br)cc1C(=O)NC1CC2CCC(C1)N2Cc1ccccc1. The van der Waals surface area contributed by atoms with Crippen molar-refractivity contribution in [2.24, 2.45) is 0 Å². The molecule has 2 aliphatic rings. The summed E-state index contributed by atoms with van der Waals surface area (Å²) in [5, 5.41) is 3.23. The van der Waals surface area contributed by atoms with Crippen LogP contribution in [0.1, 0.15) is 41.6 Å². The number of piperidine rings is 1. The number of nitrogen functional groups attached to an aromatic ring is 1. The molecule has 28 heavy (non-hydrogen) atoms. The molecule has 3 N–H and O–H groups in total. The third-order valence-corrected chi connectivity index (χ3v) is 6.68. The van der Waals surface area contributed by atoms with E-state index in [1.807, 2.05) is 0 Å². The van der Waals surface area contributed by atoms with Crippen molar-refractivity contribution in [1.82, 2.24) is 10.2 Å². The van der Waals surface area contributed by atoms with Gasteiger partial charge in [0, 0.05) is 40.9 Å². The molecule has 6 heteroatoms. The number of hydrogen-bond acceptors (Lipinski definition) is 4. The van der Waals surface area contributed by atoms with Crippen LogP contribution in [0.5, 0.6) is 5.75 Å². The van der Waals surface area contributed by atoms with E-state index in [4.69, 9.17) is 10.5 Å². The normalized spacial score (nSPS) is 24.1. The minimum Gasteiger partial charge on any atom is -0.496 e. The van der Waals surface area contributed by atoms with Gasteiger partial charge in [-0.1, -0.05) is 30.3 Å². The van der Waals surface area contributed by atoms with Crippen LogP contribution in [0.4, 0.5) is 5.69 Å². The van der Waals surface area contributed by atoms with E-state index in [0.29, 0.717) is 33.6 Å². The second-order valence-electron chi connectivity index (χ2n) is 7.76.